The van der Waals surface area contributed by atoms with Crippen LogP contribution in [0.4, 0.5) is 9.59 Å². The average Bonchev–Trinajstić information content (AvgIpc) is 1.98. The van der Waals surface area contributed by atoms with E-state index in [1.165, 1.54) is 38.0 Å². The molecule has 0 rings (SSSR count). The van der Waals surface area contributed by atoms with E-state index in [1.807, 2.05) is 0 Å². The fourth-order valence-electron chi connectivity index (χ4n) is 0.264. The zero-order valence-corrected chi connectivity index (χ0v) is 8.31. The van der Waals surface area contributed by atoms with Crippen molar-refractivity contribution in [3.05, 3.63) is 0 Å². The summed E-state index contributed by atoms with van der Waals surface area (Å²) in [5, 5.41) is 6.33. The van der Waals surface area contributed by atoms with Gasteiger partial charge < -0.3 is 16.0 Å². The summed E-state index contributed by atoms with van der Waals surface area (Å²) in [6.45, 7) is 0. The molecule has 7 heteroatoms. The first kappa shape index (κ1) is 14.0. The van der Waals surface area contributed by atoms with Gasteiger partial charge in [-0.25, -0.2) is 9.59 Å². The van der Waals surface area contributed by atoms with Gasteiger partial charge in [0, 0.05) is 28.2 Å². The Labute approximate surface area is 77.0 Å². The summed E-state index contributed by atoms with van der Waals surface area (Å²) in [6.07, 6.45) is 0. The lowest BCUT2D eigenvalue weighted by Gasteiger charge is -2.05. The molecule has 4 amide bonds. The monoisotopic (exact) mass is 189 g/mol. The van der Waals surface area contributed by atoms with Crippen molar-refractivity contribution in [3.63, 3.8) is 0 Å². The first-order valence-corrected chi connectivity index (χ1v) is 3.29. The van der Waals surface area contributed by atoms with Crippen molar-refractivity contribution in [1.82, 2.24) is 16.0 Å². The Bertz CT molecular complexity index is 189. The number of urea groups is 2. The fraction of sp³-hybridized carbons (Fsp3) is 0.667. The number of azo groups is 1. The standard InChI is InChI=1S/C6H12N4O2.H3N/c1-9(2)5(11)7-8-6(12)10(3)4;/h1-4H3;1H3. The lowest BCUT2D eigenvalue weighted by Crippen LogP contribution is -2.20. The highest BCUT2D eigenvalue weighted by Crippen LogP contribution is 1.89. The Kier molecular flexibility index (Phi) is 6.55. The minimum absolute atomic E-state index is 0. The van der Waals surface area contributed by atoms with E-state index in [2.05, 4.69) is 10.2 Å². The van der Waals surface area contributed by atoms with Crippen molar-refractivity contribution < 1.29 is 9.59 Å². The summed E-state index contributed by atoms with van der Waals surface area (Å²) in [5.41, 5.74) is 0. The number of hydrogen-bond acceptors (Lipinski definition) is 3. The molecule has 0 aromatic heterocycles. The number of nitrogens with zero attached hydrogens (tertiary/aromatic N) is 4. The molecular formula is C6H15N5O2. The van der Waals surface area contributed by atoms with Crippen molar-refractivity contribution in [2.24, 2.45) is 10.2 Å². The highest BCUT2D eigenvalue weighted by molar-refractivity contribution is 5.79. The van der Waals surface area contributed by atoms with Crippen LogP contribution in [0.1, 0.15) is 0 Å². The van der Waals surface area contributed by atoms with Gasteiger partial charge in [-0.2, -0.15) is 0 Å². The lowest BCUT2D eigenvalue weighted by atomic mass is 10.8. The molecule has 0 saturated heterocycles. The van der Waals surface area contributed by atoms with Crippen LogP contribution in [0, 0.1) is 0 Å². The summed E-state index contributed by atoms with van der Waals surface area (Å²) >= 11 is 0. The maximum atomic E-state index is 10.8. The Morgan fingerprint density at radius 1 is 0.846 bits per heavy atom. The highest BCUT2D eigenvalue weighted by Gasteiger charge is 2.03. The zero-order valence-electron chi connectivity index (χ0n) is 8.31. The highest BCUT2D eigenvalue weighted by atomic mass is 16.2. The largest absolute Gasteiger partial charge is 0.361 e. The second-order valence-corrected chi connectivity index (χ2v) is 2.55. The molecule has 0 aliphatic rings. The average molecular weight is 189 g/mol. The summed E-state index contributed by atoms with van der Waals surface area (Å²) in [6, 6.07) is -1.10. The molecule has 3 N–H and O–H groups in total. The van der Waals surface area contributed by atoms with Gasteiger partial charge in [-0.1, -0.05) is 10.2 Å². The number of carbonyl (C=O) groups is 2. The SMILES string of the molecule is CN(C)C(=O)N=NC(=O)N(C)C.N. The van der Waals surface area contributed by atoms with Crippen LogP contribution in [0.25, 0.3) is 0 Å². The third-order valence-electron chi connectivity index (χ3n) is 0.986. The molecule has 0 unspecified atom stereocenters. The first-order valence-electron chi connectivity index (χ1n) is 3.29. The van der Waals surface area contributed by atoms with E-state index in [4.69, 9.17) is 0 Å². The topological polar surface area (TPSA) is 100 Å². The van der Waals surface area contributed by atoms with E-state index in [0.717, 1.165) is 0 Å². The molecule has 7 nitrogen and oxygen atoms in total. The van der Waals surface area contributed by atoms with Crippen LogP contribution in [0.2, 0.25) is 0 Å². The number of carbonyl (C=O) groups excluding carboxylic acids is 2. The predicted molar refractivity (Wildman–Crippen MR) is 48.0 cm³/mol. The molecule has 0 aliphatic heterocycles. The maximum Gasteiger partial charge on any atom is 0.361 e. The van der Waals surface area contributed by atoms with Gasteiger partial charge in [-0.3, -0.25) is 0 Å². The fourth-order valence-corrected chi connectivity index (χ4v) is 0.264. The van der Waals surface area contributed by atoms with E-state index < -0.39 is 12.1 Å². The lowest BCUT2D eigenvalue weighted by molar-refractivity contribution is 0.218. The molecule has 0 atom stereocenters. The maximum absolute atomic E-state index is 10.8. The van der Waals surface area contributed by atoms with Crippen LogP contribution >= 0.6 is 0 Å². The van der Waals surface area contributed by atoms with Crippen LogP contribution in [0.15, 0.2) is 10.2 Å². The minimum atomic E-state index is -0.551. The van der Waals surface area contributed by atoms with Gasteiger partial charge in [0.1, 0.15) is 0 Å². The number of amides is 4. The third kappa shape index (κ3) is 5.74. The second-order valence-electron chi connectivity index (χ2n) is 2.55. The Hall–Kier alpha value is -1.50. The van der Waals surface area contributed by atoms with Crippen LogP contribution in [0.5, 0.6) is 0 Å². The number of rotatable bonds is 0. The Morgan fingerprint density at radius 3 is 1.23 bits per heavy atom. The van der Waals surface area contributed by atoms with Crippen LogP contribution < -0.4 is 6.15 Å². The molecule has 0 bridgehead atoms. The third-order valence-corrected chi connectivity index (χ3v) is 0.986. The molecule has 76 valence electrons. The van der Waals surface area contributed by atoms with Gasteiger partial charge in [0.2, 0.25) is 0 Å². The van der Waals surface area contributed by atoms with Gasteiger partial charge in [0.25, 0.3) is 0 Å². The van der Waals surface area contributed by atoms with Gasteiger partial charge in [0.15, 0.2) is 0 Å². The molecule has 0 heterocycles. The normalized spacial score (nSPS) is 9.23. The van der Waals surface area contributed by atoms with Gasteiger partial charge in [0.05, 0.1) is 0 Å². The van der Waals surface area contributed by atoms with E-state index in [0.29, 0.717) is 0 Å². The predicted octanol–water partition coefficient (Wildman–Crippen LogP) is 0.964. The molecule has 0 aromatic rings. The quantitative estimate of drug-likeness (QED) is 0.574. The van der Waals surface area contributed by atoms with Crippen LogP contribution in [-0.2, 0) is 0 Å². The Morgan fingerprint density at radius 2 is 1.08 bits per heavy atom. The summed E-state index contributed by atoms with van der Waals surface area (Å²) in [4.78, 5) is 24.0. The van der Waals surface area contributed by atoms with E-state index in [-0.39, 0.29) is 6.15 Å². The molecule has 0 radical (unpaired) electrons. The van der Waals surface area contributed by atoms with Crippen LogP contribution in [0.3, 0.4) is 0 Å². The number of hydrogen-bond donors (Lipinski definition) is 1. The molecule has 0 saturated carbocycles. The van der Waals surface area contributed by atoms with Crippen molar-refractivity contribution in [2.75, 3.05) is 28.2 Å². The van der Waals surface area contributed by atoms with Crippen LogP contribution in [-0.4, -0.2) is 50.1 Å². The van der Waals surface area contributed by atoms with Crippen molar-refractivity contribution >= 4 is 12.1 Å². The van der Waals surface area contributed by atoms with Gasteiger partial charge in [-0.05, 0) is 0 Å². The summed E-state index contributed by atoms with van der Waals surface area (Å²) < 4.78 is 0. The molecular weight excluding hydrogens is 174 g/mol. The first-order chi connectivity index (χ1) is 5.45. The van der Waals surface area contributed by atoms with E-state index in [9.17, 15) is 9.59 Å². The van der Waals surface area contributed by atoms with E-state index >= 15 is 0 Å². The summed E-state index contributed by atoms with van der Waals surface area (Å²) in [5.74, 6) is 0. The van der Waals surface area contributed by atoms with Gasteiger partial charge in [-0.15, -0.1) is 0 Å². The molecule has 0 fully saturated rings. The van der Waals surface area contributed by atoms with Gasteiger partial charge >= 0.3 is 12.1 Å². The molecule has 0 aromatic carbocycles. The summed E-state index contributed by atoms with van der Waals surface area (Å²) in [7, 11) is 6.12. The smallest absolute Gasteiger partial charge is 0.344 e. The zero-order chi connectivity index (χ0) is 9.72. The molecule has 0 spiro atoms. The Balaban J connectivity index is 0. The molecule has 0 aliphatic carbocycles. The minimum Gasteiger partial charge on any atom is -0.344 e. The van der Waals surface area contributed by atoms with Crippen molar-refractivity contribution in [3.8, 4) is 0 Å². The van der Waals surface area contributed by atoms with Crippen molar-refractivity contribution in [2.45, 2.75) is 0 Å². The van der Waals surface area contributed by atoms with E-state index in [1.54, 1.807) is 0 Å². The van der Waals surface area contributed by atoms with Crippen molar-refractivity contribution in [1.29, 1.82) is 0 Å². The molecule has 13 heavy (non-hydrogen) atoms. The second kappa shape index (κ2) is 6.06.